The Morgan fingerprint density at radius 3 is 2.94 bits per heavy atom. The Hall–Kier alpha value is -1.45. The van der Waals surface area contributed by atoms with Gasteiger partial charge in [-0.3, -0.25) is 4.79 Å². The summed E-state index contributed by atoms with van der Waals surface area (Å²) in [6, 6.07) is 0. The van der Waals surface area contributed by atoms with Crippen LogP contribution in [0.25, 0.3) is 0 Å². The van der Waals surface area contributed by atoms with Crippen molar-refractivity contribution in [3.8, 4) is 0 Å². The molecule has 1 aliphatic rings. The minimum Gasteiger partial charge on any atom is -0.294 e. The lowest BCUT2D eigenvalue weighted by Crippen LogP contribution is -2.28. The van der Waals surface area contributed by atoms with E-state index in [0.717, 1.165) is 12.1 Å². The van der Waals surface area contributed by atoms with Gasteiger partial charge in [0.05, 0.1) is 16.4 Å². The maximum Gasteiger partial charge on any atom is 0.258 e. The number of rotatable bonds is 1. The third-order valence-electron chi connectivity index (χ3n) is 2.59. The Morgan fingerprint density at radius 2 is 2.25 bits per heavy atom. The zero-order chi connectivity index (χ0) is 11.8. The van der Waals surface area contributed by atoms with Gasteiger partial charge in [-0.05, 0) is 24.1 Å². The van der Waals surface area contributed by atoms with Gasteiger partial charge in [-0.15, -0.1) is 0 Å². The van der Waals surface area contributed by atoms with E-state index in [2.05, 4.69) is 46.2 Å². The van der Waals surface area contributed by atoms with Gasteiger partial charge in [0.2, 0.25) is 0 Å². The molecule has 0 bridgehead atoms. The molecule has 1 heterocycles. The van der Waals surface area contributed by atoms with E-state index in [-0.39, 0.29) is 17.1 Å². The van der Waals surface area contributed by atoms with Gasteiger partial charge in [0.15, 0.2) is 5.78 Å². The van der Waals surface area contributed by atoms with Crippen molar-refractivity contribution in [3.05, 3.63) is 17.5 Å². The van der Waals surface area contributed by atoms with E-state index in [9.17, 15) is 4.79 Å². The monoisotopic (exact) mass is 233 g/mol. The minimum absolute atomic E-state index is 0.0445. The number of aliphatic imine (C=N–C) groups is 1. The number of hydrogen-bond acceptors (Lipinski definition) is 5. The summed E-state index contributed by atoms with van der Waals surface area (Å²) in [7, 11) is 0. The number of carbonyl (C=O) groups excluding carboxylic acids is 1. The SMILES string of the molecule is CC1(C)CC(=O)c2cnc(N=C=S)nc2C1. The Labute approximate surface area is 98.8 Å². The fourth-order valence-electron chi connectivity index (χ4n) is 1.91. The van der Waals surface area contributed by atoms with Crippen LogP contribution in [-0.2, 0) is 6.42 Å². The minimum atomic E-state index is -0.0445. The van der Waals surface area contributed by atoms with E-state index in [1.165, 1.54) is 6.20 Å². The molecule has 0 aliphatic heterocycles. The van der Waals surface area contributed by atoms with Crippen molar-refractivity contribution in [2.45, 2.75) is 26.7 Å². The first-order valence-electron chi connectivity index (χ1n) is 4.99. The van der Waals surface area contributed by atoms with Gasteiger partial charge in [-0.2, -0.15) is 4.99 Å². The number of carbonyl (C=O) groups is 1. The first-order chi connectivity index (χ1) is 7.52. The van der Waals surface area contributed by atoms with Gasteiger partial charge in [0.25, 0.3) is 5.95 Å². The number of aromatic nitrogens is 2. The van der Waals surface area contributed by atoms with E-state index >= 15 is 0 Å². The van der Waals surface area contributed by atoms with Crippen LogP contribution in [0.3, 0.4) is 0 Å². The molecule has 5 heteroatoms. The molecule has 1 aliphatic carbocycles. The number of ketones is 1. The molecule has 0 amide bonds. The molecule has 2 rings (SSSR count). The van der Waals surface area contributed by atoms with Gasteiger partial charge < -0.3 is 0 Å². The van der Waals surface area contributed by atoms with Crippen LogP contribution in [0, 0.1) is 5.41 Å². The summed E-state index contributed by atoms with van der Waals surface area (Å²) in [6.07, 6.45) is 2.83. The summed E-state index contributed by atoms with van der Waals surface area (Å²) in [5.41, 5.74) is 1.33. The van der Waals surface area contributed by atoms with Gasteiger partial charge >= 0.3 is 0 Å². The van der Waals surface area contributed by atoms with Crippen molar-refractivity contribution >= 4 is 29.1 Å². The zero-order valence-corrected chi connectivity index (χ0v) is 9.97. The van der Waals surface area contributed by atoms with Crippen LogP contribution < -0.4 is 0 Å². The molecule has 0 N–H and O–H groups in total. The Bertz CT molecular complexity index is 504. The summed E-state index contributed by atoms with van der Waals surface area (Å²) in [6.45, 7) is 4.11. The van der Waals surface area contributed by atoms with Crippen molar-refractivity contribution in [1.82, 2.24) is 9.97 Å². The van der Waals surface area contributed by atoms with Crippen molar-refractivity contribution in [2.24, 2.45) is 10.4 Å². The first-order valence-corrected chi connectivity index (χ1v) is 5.40. The maximum absolute atomic E-state index is 11.8. The number of isothiocyanates is 1. The van der Waals surface area contributed by atoms with Crippen LogP contribution in [0.4, 0.5) is 5.95 Å². The van der Waals surface area contributed by atoms with Crippen LogP contribution >= 0.6 is 12.2 Å². The van der Waals surface area contributed by atoms with Gasteiger partial charge in [-0.1, -0.05) is 13.8 Å². The number of fused-ring (bicyclic) bond motifs is 1. The number of thiocarbonyl (C=S) groups is 1. The van der Waals surface area contributed by atoms with E-state index in [0.29, 0.717) is 12.0 Å². The van der Waals surface area contributed by atoms with Crippen molar-refractivity contribution in [1.29, 1.82) is 0 Å². The Balaban J connectivity index is 2.50. The molecule has 4 nitrogen and oxygen atoms in total. The van der Waals surface area contributed by atoms with Crippen LogP contribution in [0.1, 0.15) is 36.3 Å². The molecular formula is C11H11N3OS. The highest BCUT2D eigenvalue weighted by molar-refractivity contribution is 7.78. The van der Waals surface area contributed by atoms with Crippen molar-refractivity contribution in [2.75, 3.05) is 0 Å². The quantitative estimate of drug-likeness (QED) is 0.552. The summed E-state index contributed by atoms with van der Waals surface area (Å²) < 4.78 is 0. The normalized spacial score (nSPS) is 17.5. The molecule has 82 valence electrons. The average molecular weight is 233 g/mol. The molecule has 0 saturated carbocycles. The highest BCUT2D eigenvalue weighted by Crippen LogP contribution is 2.33. The topological polar surface area (TPSA) is 55.2 Å². The summed E-state index contributed by atoms with van der Waals surface area (Å²) >= 11 is 4.49. The standard InChI is InChI=1S/C11H11N3OS/c1-11(2)3-8-7(9(15)4-11)5-12-10(14-8)13-6-16/h5H,3-4H2,1-2H3. The van der Waals surface area contributed by atoms with E-state index < -0.39 is 0 Å². The highest BCUT2D eigenvalue weighted by atomic mass is 32.1. The smallest absolute Gasteiger partial charge is 0.258 e. The highest BCUT2D eigenvalue weighted by Gasteiger charge is 2.32. The van der Waals surface area contributed by atoms with Crippen molar-refractivity contribution in [3.63, 3.8) is 0 Å². The summed E-state index contributed by atoms with van der Waals surface area (Å²) in [4.78, 5) is 23.7. The first kappa shape index (κ1) is 11.0. The second-order valence-electron chi connectivity index (χ2n) is 4.67. The maximum atomic E-state index is 11.8. The second-order valence-corrected chi connectivity index (χ2v) is 4.86. The lowest BCUT2D eigenvalue weighted by Gasteiger charge is -2.28. The summed E-state index contributed by atoms with van der Waals surface area (Å²) in [5.74, 6) is 0.378. The molecule has 1 aromatic rings. The van der Waals surface area contributed by atoms with Crippen LogP contribution in [0.15, 0.2) is 11.2 Å². The second kappa shape index (κ2) is 3.85. The van der Waals surface area contributed by atoms with Crippen molar-refractivity contribution < 1.29 is 4.79 Å². The van der Waals surface area contributed by atoms with E-state index in [1.54, 1.807) is 0 Å². The lowest BCUT2D eigenvalue weighted by atomic mass is 9.76. The fourth-order valence-corrected chi connectivity index (χ4v) is 2.00. The Kier molecular flexibility index (Phi) is 2.66. The van der Waals surface area contributed by atoms with Crippen LogP contribution in [-0.4, -0.2) is 20.9 Å². The predicted octanol–water partition coefficient (Wildman–Crippen LogP) is 2.37. The lowest BCUT2D eigenvalue weighted by molar-refractivity contribution is 0.0910. The fraction of sp³-hybridized carbons (Fsp3) is 0.455. The van der Waals surface area contributed by atoms with E-state index in [1.807, 2.05) is 0 Å². The average Bonchev–Trinajstić information content (AvgIpc) is 2.15. The number of hydrogen-bond donors (Lipinski definition) is 0. The molecule has 0 atom stereocenters. The van der Waals surface area contributed by atoms with Gasteiger partial charge in [0.1, 0.15) is 0 Å². The molecule has 1 aromatic heterocycles. The summed E-state index contributed by atoms with van der Waals surface area (Å²) in [5, 5.41) is 2.22. The third-order valence-corrected chi connectivity index (χ3v) is 2.68. The molecule has 0 spiro atoms. The molecule has 0 fully saturated rings. The Morgan fingerprint density at radius 1 is 1.50 bits per heavy atom. The molecule has 0 aromatic carbocycles. The molecule has 16 heavy (non-hydrogen) atoms. The molecule has 0 saturated heterocycles. The van der Waals surface area contributed by atoms with Crippen LogP contribution in [0.5, 0.6) is 0 Å². The molecule has 0 unspecified atom stereocenters. The predicted molar refractivity (Wildman–Crippen MR) is 63.2 cm³/mol. The van der Waals surface area contributed by atoms with Gasteiger partial charge in [0, 0.05) is 12.6 Å². The van der Waals surface area contributed by atoms with E-state index in [4.69, 9.17) is 0 Å². The molecular weight excluding hydrogens is 222 g/mol. The largest absolute Gasteiger partial charge is 0.294 e. The van der Waals surface area contributed by atoms with Gasteiger partial charge in [-0.25, -0.2) is 9.97 Å². The molecule has 0 radical (unpaired) electrons. The number of Topliss-reactive ketones (excluding diaryl/α,β-unsaturated/α-hetero) is 1. The third kappa shape index (κ3) is 2.05. The van der Waals surface area contributed by atoms with Crippen LogP contribution in [0.2, 0.25) is 0 Å². The zero-order valence-electron chi connectivity index (χ0n) is 9.15. The number of nitrogens with zero attached hydrogens (tertiary/aromatic N) is 3.